The third kappa shape index (κ3) is 3.26. The van der Waals surface area contributed by atoms with E-state index in [1.165, 1.54) is 24.8 Å². The molecule has 0 heterocycles. The van der Waals surface area contributed by atoms with Crippen LogP contribution in [0.1, 0.15) is 44.7 Å². The summed E-state index contributed by atoms with van der Waals surface area (Å²) in [5, 5.41) is 3.65. The fourth-order valence-corrected chi connectivity index (χ4v) is 3.38. The zero-order chi connectivity index (χ0) is 14.5. The third-order valence-electron chi connectivity index (χ3n) is 4.40. The molecule has 1 aliphatic rings. The molecule has 0 aromatic heterocycles. The van der Waals surface area contributed by atoms with Gasteiger partial charge in [-0.3, -0.25) is 0 Å². The van der Waals surface area contributed by atoms with Gasteiger partial charge in [0.15, 0.2) is 11.5 Å². The molecule has 112 valence electrons. The molecule has 1 saturated carbocycles. The Morgan fingerprint density at radius 1 is 1.20 bits per heavy atom. The van der Waals surface area contributed by atoms with Gasteiger partial charge in [0.05, 0.1) is 14.2 Å². The number of methoxy groups -OCH3 is 2. The van der Waals surface area contributed by atoms with Crippen LogP contribution in [0, 0.1) is 11.8 Å². The quantitative estimate of drug-likeness (QED) is 0.858. The van der Waals surface area contributed by atoms with Gasteiger partial charge in [0.1, 0.15) is 0 Å². The summed E-state index contributed by atoms with van der Waals surface area (Å²) < 4.78 is 10.8. The highest BCUT2D eigenvalue weighted by Crippen LogP contribution is 2.40. The second-order valence-electron chi connectivity index (χ2n) is 5.83. The number of hydrogen-bond acceptors (Lipinski definition) is 3. The minimum absolute atomic E-state index is 0.421. The van der Waals surface area contributed by atoms with Crippen molar-refractivity contribution < 1.29 is 9.47 Å². The summed E-state index contributed by atoms with van der Waals surface area (Å²) in [5.74, 6) is 3.19. The van der Waals surface area contributed by atoms with Crippen LogP contribution in [0.4, 0.5) is 0 Å². The molecule has 0 amide bonds. The minimum Gasteiger partial charge on any atom is -0.493 e. The summed E-state index contributed by atoms with van der Waals surface area (Å²) in [6.07, 6.45) is 3.97. The highest BCUT2D eigenvalue weighted by Gasteiger charge is 2.29. The summed E-state index contributed by atoms with van der Waals surface area (Å²) in [6.45, 7) is 5.52. The highest BCUT2D eigenvalue weighted by molar-refractivity contribution is 5.44. The van der Waals surface area contributed by atoms with E-state index in [2.05, 4.69) is 31.3 Å². The number of nitrogens with one attached hydrogen (secondary N) is 1. The second-order valence-corrected chi connectivity index (χ2v) is 5.83. The van der Waals surface area contributed by atoms with E-state index < -0.39 is 0 Å². The Morgan fingerprint density at radius 3 is 2.50 bits per heavy atom. The number of hydrogen-bond donors (Lipinski definition) is 1. The standard InChI is InChI=1S/C17H27NO2/c1-5-18-17(13-7-6-12(2)10-13)14-8-9-15(19-3)16(11-14)20-4/h8-9,11-13,17-18H,5-7,10H2,1-4H3. The third-order valence-corrected chi connectivity index (χ3v) is 4.40. The second kappa shape index (κ2) is 6.98. The maximum absolute atomic E-state index is 5.44. The molecule has 1 aromatic carbocycles. The molecular weight excluding hydrogens is 250 g/mol. The van der Waals surface area contributed by atoms with Crippen LogP contribution in [0.3, 0.4) is 0 Å². The summed E-state index contributed by atoms with van der Waals surface area (Å²) in [6, 6.07) is 6.72. The van der Waals surface area contributed by atoms with E-state index in [0.29, 0.717) is 6.04 Å². The van der Waals surface area contributed by atoms with Crippen LogP contribution in [0.2, 0.25) is 0 Å². The molecule has 3 atom stereocenters. The molecule has 1 aromatic rings. The van der Waals surface area contributed by atoms with Gasteiger partial charge in [-0.05, 0) is 48.9 Å². The Hall–Kier alpha value is -1.22. The lowest BCUT2D eigenvalue weighted by atomic mass is 9.90. The van der Waals surface area contributed by atoms with E-state index in [-0.39, 0.29) is 0 Å². The monoisotopic (exact) mass is 277 g/mol. The molecule has 0 saturated heterocycles. The Kier molecular flexibility index (Phi) is 5.30. The van der Waals surface area contributed by atoms with Gasteiger partial charge in [-0.1, -0.05) is 26.3 Å². The molecule has 1 N–H and O–H groups in total. The van der Waals surface area contributed by atoms with Crippen LogP contribution in [-0.2, 0) is 0 Å². The Morgan fingerprint density at radius 2 is 1.95 bits per heavy atom. The van der Waals surface area contributed by atoms with E-state index in [0.717, 1.165) is 29.9 Å². The average molecular weight is 277 g/mol. The predicted octanol–water partition coefficient (Wildman–Crippen LogP) is 3.79. The van der Waals surface area contributed by atoms with Gasteiger partial charge < -0.3 is 14.8 Å². The predicted molar refractivity (Wildman–Crippen MR) is 82.5 cm³/mol. The molecule has 1 fully saturated rings. The Balaban J connectivity index is 2.24. The van der Waals surface area contributed by atoms with Gasteiger partial charge in [-0.25, -0.2) is 0 Å². The Bertz CT molecular complexity index is 433. The van der Waals surface area contributed by atoms with Crippen molar-refractivity contribution in [2.75, 3.05) is 20.8 Å². The van der Waals surface area contributed by atoms with Crippen LogP contribution >= 0.6 is 0 Å². The molecule has 3 heteroatoms. The van der Waals surface area contributed by atoms with Gasteiger partial charge in [0.2, 0.25) is 0 Å². The molecule has 1 aliphatic carbocycles. The number of ether oxygens (including phenoxy) is 2. The fourth-order valence-electron chi connectivity index (χ4n) is 3.38. The normalized spacial score (nSPS) is 23.6. The van der Waals surface area contributed by atoms with Crippen LogP contribution in [-0.4, -0.2) is 20.8 Å². The lowest BCUT2D eigenvalue weighted by Gasteiger charge is -2.26. The van der Waals surface area contributed by atoms with Gasteiger partial charge in [-0.2, -0.15) is 0 Å². The van der Waals surface area contributed by atoms with Crippen molar-refractivity contribution in [3.63, 3.8) is 0 Å². The lowest BCUT2D eigenvalue weighted by Crippen LogP contribution is -2.27. The summed E-state index contributed by atoms with van der Waals surface area (Å²) in [7, 11) is 3.37. The molecule has 0 bridgehead atoms. The van der Waals surface area contributed by atoms with Crippen molar-refractivity contribution in [3.05, 3.63) is 23.8 Å². The first kappa shape index (κ1) is 15.2. The SMILES string of the molecule is CCNC(c1ccc(OC)c(OC)c1)C1CCC(C)C1. The summed E-state index contributed by atoms with van der Waals surface area (Å²) in [4.78, 5) is 0. The maximum atomic E-state index is 5.44. The number of benzene rings is 1. The first-order chi connectivity index (χ1) is 9.69. The molecule has 2 rings (SSSR count). The van der Waals surface area contributed by atoms with E-state index in [1.807, 2.05) is 6.07 Å². The largest absolute Gasteiger partial charge is 0.493 e. The fraction of sp³-hybridized carbons (Fsp3) is 0.647. The van der Waals surface area contributed by atoms with Gasteiger partial charge in [-0.15, -0.1) is 0 Å². The minimum atomic E-state index is 0.421. The van der Waals surface area contributed by atoms with Gasteiger partial charge >= 0.3 is 0 Å². The van der Waals surface area contributed by atoms with Crippen molar-refractivity contribution in [1.29, 1.82) is 0 Å². The van der Waals surface area contributed by atoms with Crippen LogP contribution in [0.5, 0.6) is 11.5 Å². The molecular formula is C17H27NO2. The first-order valence-electron chi connectivity index (χ1n) is 7.64. The van der Waals surface area contributed by atoms with Crippen molar-refractivity contribution in [2.24, 2.45) is 11.8 Å². The molecule has 20 heavy (non-hydrogen) atoms. The smallest absolute Gasteiger partial charge is 0.161 e. The van der Waals surface area contributed by atoms with Crippen molar-refractivity contribution in [2.45, 2.75) is 39.2 Å². The van der Waals surface area contributed by atoms with Crippen LogP contribution in [0.25, 0.3) is 0 Å². The maximum Gasteiger partial charge on any atom is 0.161 e. The summed E-state index contributed by atoms with van der Waals surface area (Å²) in [5.41, 5.74) is 1.31. The highest BCUT2D eigenvalue weighted by atomic mass is 16.5. The average Bonchev–Trinajstić information content (AvgIpc) is 2.90. The van der Waals surface area contributed by atoms with E-state index in [9.17, 15) is 0 Å². The lowest BCUT2D eigenvalue weighted by molar-refractivity contribution is 0.346. The van der Waals surface area contributed by atoms with Crippen LogP contribution < -0.4 is 14.8 Å². The van der Waals surface area contributed by atoms with Crippen molar-refractivity contribution >= 4 is 0 Å². The molecule has 3 nitrogen and oxygen atoms in total. The zero-order valence-corrected chi connectivity index (χ0v) is 13.1. The van der Waals surface area contributed by atoms with E-state index >= 15 is 0 Å². The van der Waals surface area contributed by atoms with Crippen molar-refractivity contribution in [1.82, 2.24) is 5.32 Å². The molecule has 0 radical (unpaired) electrons. The molecule has 0 aliphatic heterocycles. The zero-order valence-electron chi connectivity index (χ0n) is 13.1. The van der Waals surface area contributed by atoms with Crippen LogP contribution in [0.15, 0.2) is 18.2 Å². The van der Waals surface area contributed by atoms with Gasteiger partial charge in [0, 0.05) is 6.04 Å². The van der Waals surface area contributed by atoms with Gasteiger partial charge in [0.25, 0.3) is 0 Å². The Labute approximate surface area is 122 Å². The topological polar surface area (TPSA) is 30.5 Å². The summed E-state index contributed by atoms with van der Waals surface area (Å²) >= 11 is 0. The number of rotatable bonds is 6. The van der Waals surface area contributed by atoms with E-state index in [1.54, 1.807) is 14.2 Å². The molecule has 0 spiro atoms. The first-order valence-corrected chi connectivity index (χ1v) is 7.64. The molecule has 3 unspecified atom stereocenters. The van der Waals surface area contributed by atoms with Crippen molar-refractivity contribution in [3.8, 4) is 11.5 Å². The van der Waals surface area contributed by atoms with E-state index in [4.69, 9.17) is 9.47 Å².